The first-order valence-electron chi connectivity index (χ1n) is 2.65. The zero-order chi connectivity index (χ0) is 5.98. The number of hydrogen-bond donors (Lipinski definition) is 2. The first-order chi connectivity index (χ1) is 3.79. The standard InChI is InChI=1S/C6H10N2/c1-5-2-3-8-6(7)4-5/h2-4,6,8H,7H2,1H3/t6-/m0/s1. The molecule has 0 spiro atoms. The number of rotatable bonds is 0. The molecule has 8 heavy (non-hydrogen) atoms. The van der Waals surface area contributed by atoms with Crippen LogP contribution in [0, 0.1) is 0 Å². The molecule has 0 fully saturated rings. The van der Waals surface area contributed by atoms with E-state index in [0.29, 0.717) is 0 Å². The molecule has 0 saturated carbocycles. The minimum absolute atomic E-state index is 0.0139. The third kappa shape index (κ3) is 1.10. The van der Waals surface area contributed by atoms with Gasteiger partial charge in [-0.15, -0.1) is 0 Å². The molecule has 0 aromatic heterocycles. The molecule has 3 N–H and O–H groups in total. The van der Waals surface area contributed by atoms with E-state index in [-0.39, 0.29) is 6.17 Å². The molecule has 2 heteroatoms. The molecule has 1 heterocycles. The Labute approximate surface area is 49.1 Å². The Bertz CT molecular complexity index is 135. The van der Waals surface area contributed by atoms with Crippen molar-refractivity contribution in [3.8, 4) is 0 Å². The maximum Gasteiger partial charge on any atom is 0.0936 e. The number of nitrogens with two attached hydrogens (primary N) is 1. The van der Waals surface area contributed by atoms with Crippen LogP contribution in [0.2, 0.25) is 0 Å². The summed E-state index contributed by atoms with van der Waals surface area (Å²) in [6, 6.07) is 0. The van der Waals surface area contributed by atoms with Crippen molar-refractivity contribution in [3.63, 3.8) is 0 Å². The van der Waals surface area contributed by atoms with Crippen molar-refractivity contribution in [2.24, 2.45) is 5.73 Å². The number of nitrogens with one attached hydrogen (secondary N) is 1. The molecule has 0 bridgehead atoms. The Kier molecular flexibility index (Phi) is 1.35. The lowest BCUT2D eigenvalue weighted by Gasteiger charge is -2.11. The van der Waals surface area contributed by atoms with Gasteiger partial charge in [-0.25, -0.2) is 0 Å². The topological polar surface area (TPSA) is 38.0 Å². The van der Waals surface area contributed by atoms with Crippen LogP contribution in [0.4, 0.5) is 0 Å². The van der Waals surface area contributed by atoms with E-state index >= 15 is 0 Å². The van der Waals surface area contributed by atoms with Crippen molar-refractivity contribution >= 4 is 0 Å². The van der Waals surface area contributed by atoms with Crippen molar-refractivity contribution in [2.75, 3.05) is 0 Å². The fraction of sp³-hybridized carbons (Fsp3) is 0.333. The van der Waals surface area contributed by atoms with Crippen LogP contribution in [0.15, 0.2) is 23.9 Å². The highest BCUT2D eigenvalue weighted by atomic mass is 15.0. The van der Waals surface area contributed by atoms with Crippen LogP contribution in [0.1, 0.15) is 6.92 Å². The summed E-state index contributed by atoms with van der Waals surface area (Å²) < 4.78 is 0. The van der Waals surface area contributed by atoms with E-state index in [4.69, 9.17) is 5.73 Å². The summed E-state index contributed by atoms with van der Waals surface area (Å²) in [6.45, 7) is 2.02. The Morgan fingerprint density at radius 2 is 2.50 bits per heavy atom. The van der Waals surface area contributed by atoms with Gasteiger partial charge in [0.05, 0.1) is 6.17 Å². The minimum Gasteiger partial charge on any atom is -0.373 e. The molecule has 2 nitrogen and oxygen atoms in total. The van der Waals surface area contributed by atoms with Gasteiger partial charge in [-0.1, -0.05) is 5.57 Å². The average Bonchev–Trinajstić information content (AvgIpc) is 1.64. The fourth-order valence-corrected chi connectivity index (χ4v) is 0.678. The van der Waals surface area contributed by atoms with Crippen LogP contribution in [0.25, 0.3) is 0 Å². The molecule has 44 valence electrons. The lowest BCUT2D eigenvalue weighted by atomic mass is 10.2. The Balaban J connectivity index is 2.63. The molecule has 0 amide bonds. The fourth-order valence-electron chi connectivity index (χ4n) is 0.678. The van der Waals surface area contributed by atoms with Gasteiger partial charge in [-0.05, 0) is 25.3 Å². The monoisotopic (exact) mass is 110 g/mol. The number of dihydropyridines is 1. The lowest BCUT2D eigenvalue weighted by Crippen LogP contribution is -2.33. The molecule has 1 aliphatic heterocycles. The van der Waals surface area contributed by atoms with Crippen LogP contribution in [0.5, 0.6) is 0 Å². The Morgan fingerprint density at radius 1 is 1.75 bits per heavy atom. The summed E-state index contributed by atoms with van der Waals surface area (Å²) in [4.78, 5) is 0. The highest BCUT2D eigenvalue weighted by Crippen LogP contribution is 1.98. The predicted octanol–water partition coefficient (Wildman–Crippen LogP) is 0.334. The zero-order valence-corrected chi connectivity index (χ0v) is 4.89. The SMILES string of the molecule is CC1=C[C@@H](N)NC=C1. The van der Waals surface area contributed by atoms with Gasteiger partial charge >= 0.3 is 0 Å². The summed E-state index contributed by atoms with van der Waals surface area (Å²) in [5, 5.41) is 2.93. The first kappa shape index (κ1) is 5.38. The third-order valence-corrected chi connectivity index (χ3v) is 1.08. The van der Waals surface area contributed by atoms with Crippen LogP contribution in [-0.2, 0) is 0 Å². The quantitative estimate of drug-likeness (QED) is 0.471. The van der Waals surface area contributed by atoms with E-state index < -0.39 is 0 Å². The molecule has 0 aliphatic carbocycles. The lowest BCUT2D eigenvalue weighted by molar-refractivity contribution is 0.721. The van der Waals surface area contributed by atoms with Crippen LogP contribution in [-0.4, -0.2) is 6.17 Å². The second-order valence-electron chi connectivity index (χ2n) is 1.94. The molecule has 0 aromatic rings. The van der Waals surface area contributed by atoms with Gasteiger partial charge in [0.2, 0.25) is 0 Å². The molecule has 0 saturated heterocycles. The highest BCUT2D eigenvalue weighted by molar-refractivity contribution is 5.21. The number of hydrogen-bond acceptors (Lipinski definition) is 2. The summed E-state index contributed by atoms with van der Waals surface area (Å²) in [7, 11) is 0. The molecular formula is C6H10N2. The Hall–Kier alpha value is -0.760. The van der Waals surface area contributed by atoms with Gasteiger partial charge < -0.3 is 11.1 Å². The molecular weight excluding hydrogens is 100 g/mol. The van der Waals surface area contributed by atoms with Crippen molar-refractivity contribution in [2.45, 2.75) is 13.1 Å². The predicted molar refractivity (Wildman–Crippen MR) is 34.0 cm³/mol. The van der Waals surface area contributed by atoms with Crippen LogP contribution in [0.3, 0.4) is 0 Å². The highest BCUT2D eigenvalue weighted by Gasteiger charge is 1.96. The van der Waals surface area contributed by atoms with Crippen molar-refractivity contribution in [1.29, 1.82) is 0 Å². The zero-order valence-electron chi connectivity index (χ0n) is 4.89. The molecule has 1 rings (SSSR count). The summed E-state index contributed by atoms with van der Waals surface area (Å²) in [5.74, 6) is 0. The summed E-state index contributed by atoms with van der Waals surface area (Å²) in [6.07, 6.45) is 5.84. The van der Waals surface area contributed by atoms with E-state index in [1.165, 1.54) is 5.57 Å². The third-order valence-electron chi connectivity index (χ3n) is 1.08. The van der Waals surface area contributed by atoms with Crippen molar-refractivity contribution < 1.29 is 0 Å². The van der Waals surface area contributed by atoms with Gasteiger partial charge in [0.15, 0.2) is 0 Å². The maximum absolute atomic E-state index is 5.49. The van der Waals surface area contributed by atoms with Crippen LogP contribution >= 0.6 is 0 Å². The molecule has 0 aromatic carbocycles. The smallest absolute Gasteiger partial charge is 0.0936 e. The summed E-state index contributed by atoms with van der Waals surface area (Å²) in [5.41, 5.74) is 6.71. The molecule has 1 aliphatic rings. The van der Waals surface area contributed by atoms with E-state index in [1.54, 1.807) is 0 Å². The van der Waals surface area contributed by atoms with Gasteiger partial charge in [-0.3, -0.25) is 0 Å². The van der Waals surface area contributed by atoms with E-state index in [0.717, 1.165) is 0 Å². The Morgan fingerprint density at radius 3 is 2.88 bits per heavy atom. The van der Waals surface area contributed by atoms with Crippen molar-refractivity contribution in [1.82, 2.24) is 5.32 Å². The average molecular weight is 110 g/mol. The largest absolute Gasteiger partial charge is 0.373 e. The normalized spacial score (nSPS) is 26.8. The van der Waals surface area contributed by atoms with Gasteiger partial charge in [0.1, 0.15) is 0 Å². The van der Waals surface area contributed by atoms with Crippen LogP contribution < -0.4 is 11.1 Å². The minimum atomic E-state index is 0.0139. The van der Waals surface area contributed by atoms with E-state index in [1.807, 2.05) is 25.3 Å². The first-order valence-corrected chi connectivity index (χ1v) is 2.65. The molecule has 0 radical (unpaired) electrons. The van der Waals surface area contributed by atoms with E-state index in [2.05, 4.69) is 5.32 Å². The molecule has 0 unspecified atom stereocenters. The van der Waals surface area contributed by atoms with Crippen molar-refractivity contribution in [3.05, 3.63) is 23.9 Å². The van der Waals surface area contributed by atoms with E-state index in [9.17, 15) is 0 Å². The second kappa shape index (κ2) is 2.01. The summed E-state index contributed by atoms with van der Waals surface area (Å²) >= 11 is 0. The van der Waals surface area contributed by atoms with Gasteiger partial charge in [-0.2, -0.15) is 0 Å². The second-order valence-corrected chi connectivity index (χ2v) is 1.94. The molecule has 1 atom stereocenters. The van der Waals surface area contributed by atoms with Gasteiger partial charge in [0.25, 0.3) is 0 Å². The van der Waals surface area contributed by atoms with Gasteiger partial charge in [0, 0.05) is 0 Å². The number of allylic oxidation sites excluding steroid dienone is 2. The maximum atomic E-state index is 5.49.